The van der Waals surface area contributed by atoms with E-state index in [9.17, 15) is 5.11 Å². The van der Waals surface area contributed by atoms with Gasteiger partial charge in [-0.05, 0) is 68.0 Å². The lowest BCUT2D eigenvalue weighted by molar-refractivity contribution is 0.224. The summed E-state index contributed by atoms with van der Waals surface area (Å²) in [7, 11) is 0. The summed E-state index contributed by atoms with van der Waals surface area (Å²) in [6.45, 7) is 2.41. The minimum absolute atomic E-state index is 0.503. The number of benzene rings is 2. The molecule has 0 radical (unpaired) electrons. The Hall–Kier alpha value is -1.80. The third kappa shape index (κ3) is 2.88. The first-order valence-electron chi connectivity index (χ1n) is 8.91. The van der Waals surface area contributed by atoms with Crippen molar-refractivity contribution >= 4 is 0 Å². The van der Waals surface area contributed by atoms with Crippen LogP contribution in [0.15, 0.2) is 48.5 Å². The van der Waals surface area contributed by atoms with Crippen LogP contribution < -0.4 is 0 Å². The van der Waals surface area contributed by atoms with Gasteiger partial charge in [0.1, 0.15) is 5.75 Å². The molecule has 1 fully saturated rings. The molecular weight excluding hydrogens is 282 g/mol. The van der Waals surface area contributed by atoms with Crippen LogP contribution in [0.1, 0.15) is 41.9 Å². The molecule has 4 rings (SSSR count). The number of hydrogen-bond donors (Lipinski definition) is 1. The maximum Gasteiger partial charge on any atom is 0.119 e. The molecule has 2 heteroatoms. The van der Waals surface area contributed by atoms with E-state index in [1.54, 1.807) is 0 Å². The van der Waals surface area contributed by atoms with Crippen LogP contribution >= 0.6 is 0 Å². The number of phenolic OH excluding ortho intramolecular Hbond substituents is 1. The highest BCUT2D eigenvalue weighted by molar-refractivity contribution is 5.44. The second kappa shape index (κ2) is 6.37. The van der Waals surface area contributed by atoms with Crippen LogP contribution in [0.25, 0.3) is 0 Å². The molecule has 2 aromatic carbocycles. The van der Waals surface area contributed by atoms with Crippen LogP contribution in [0.5, 0.6) is 5.75 Å². The summed E-state index contributed by atoms with van der Waals surface area (Å²) < 4.78 is 0. The van der Waals surface area contributed by atoms with E-state index in [0.29, 0.717) is 17.7 Å². The fraction of sp³-hybridized carbons (Fsp3) is 0.429. The number of phenols is 1. The lowest BCUT2D eigenvalue weighted by Crippen LogP contribution is -2.35. The topological polar surface area (TPSA) is 23.5 Å². The Balaban J connectivity index is 1.40. The predicted octanol–water partition coefficient (Wildman–Crippen LogP) is 4.13. The average Bonchev–Trinajstić information content (AvgIpc) is 3.00. The van der Waals surface area contributed by atoms with Gasteiger partial charge in [0.05, 0.1) is 0 Å². The first kappa shape index (κ1) is 14.8. The van der Waals surface area contributed by atoms with E-state index in [1.807, 2.05) is 12.1 Å². The van der Waals surface area contributed by atoms with E-state index in [2.05, 4.69) is 41.3 Å². The van der Waals surface area contributed by atoms with Gasteiger partial charge in [0.25, 0.3) is 0 Å². The van der Waals surface area contributed by atoms with Gasteiger partial charge in [-0.15, -0.1) is 0 Å². The molecule has 1 heterocycles. The summed E-state index contributed by atoms with van der Waals surface area (Å²) in [6.07, 6.45) is 5.87. The first-order valence-corrected chi connectivity index (χ1v) is 8.91. The average molecular weight is 307 g/mol. The van der Waals surface area contributed by atoms with E-state index in [1.165, 1.54) is 55.5 Å². The Kier molecular flexibility index (Phi) is 4.09. The lowest BCUT2D eigenvalue weighted by Gasteiger charge is -2.33. The molecule has 0 spiro atoms. The van der Waals surface area contributed by atoms with Crippen molar-refractivity contribution in [3.63, 3.8) is 0 Å². The van der Waals surface area contributed by atoms with Gasteiger partial charge in [0.2, 0.25) is 0 Å². The van der Waals surface area contributed by atoms with Gasteiger partial charge in [-0.25, -0.2) is 0 Å². The zero-order valence-electron chi connectivity index (χ0n) is 13.6. The third-order valence-electron chi connectivity index (χ3n) is 5.69. The minimum Gasteiger partial charge on any atom is -0.508 e. The van der Waals surface area contributed by atoms with Crippen molar-refractivity contribution in [1.82, 2.24) is 4.90 Å². The van der Waals surface area contributed by atoms with E-state index in [-0.39, 0.29) is 0 Å². The Morgan fingerprint density at radius 2 is 1.87 bits per heavy atom. The monoisotopic (exact) mass is 307 g/mol. The molecule has 1 aliphatic carbocycles. The fourth-order valence-corrected chi connectivity index (χ4v) is 4.58. The summed E-state index contributed by atoms with van der Waals surface area (Å²) in [5.74, 6) is 1.13. The molecule has 2 nitrogen and oxygen atoms in total. The van der Waals surface area contributed by atoms with Gasteiger partial charge >= 0.3 is 0 Å². The molecule has 2 aromatic rings. The van der Waals surface area contributed by atoms with Crippen molar-refractivity contribution in [3.05, 3.63) is 65.2 Å². The number of hydrogen-bond acceptors (Lipinski definition) is 2. The molecule has 2 aliphatic rings. The minimum atomic E-state index is 0.503. The molecular formula is C21H25NO. The molecule has 1 saturated heterocycles. The largest absolute Gasteiger partial charge is 0.508 e. The maximum absolute atomic E-state index is 10.1. The molecule has 0 aromatic heterocycles. The molecule has 0 amide bonds. The Labute approximate surface area is 138 Å². The van der Waals surface area contributed by atoms with Gasteiger partial charge in [-0.2, -0.15) is 0 Å². The van der Waals surface area contributed by atoms with Crippen LogP contribution in [-0.4, -0.2) is 29.1 Å². The van der Waals surface area contributed by atoms with Crippen molar-refractivity contribution in [3.8, 4) is 5.75 Å². The highest BCUT2D eigenvalue weighted by Gasteiger charge is 2.38. The van der Waals surface area contributed by atoms with Gasteiger partial charge in [-0.1, -0.05) is 42.5 Å². The summed E-state index contributed by atoms with van der Waals surface area (Å²) >= 11 is 0. The smallest absolute Gasteiger partial charge is 0.119 e. The molecule has 0 saturated carbocycles. The third-order valence-corrected chi connectivity index (χ3v) is 5.69. The number of nitrogens with zero attached hydrogens (tertiary/aromatic N) is 1. The highest BCUT2D eigenvalue weighted by atomic mass is 16.3. The molecule has 1 aliphatic heterocycles. The molecule has 1 N–H and O–H groups in total. The number of aryl methyl sites for hydroxylation is 1. The van der Waals surface area contributed by atoms with Gasteiger partial charge in [0, 0.05) is 12.0 Å². The highest BCUT2D eigenvalue weighted by Crippen LogP contribution is 2.43. The van der Waals surface area contributed by atoms with Gasteiger partial charge < -0.3 is 5.11 Å². The SMILES string of the molecule is Oc1cccc2c1CC[C@@H]1[C@H]2CCN1CCCc1ccccc1. The van der Waals surface area contributed by atoms with Crippen LogP contribution in [0, 0.1) is 0 Å². The van der Waals surface area contributed by atoms with E-state index < -0.39 is 0 Å². The molecule has 0 unspecified atom stereocenters. The van der Waals surface area contributed by atoms with Gasteiger partial charge in [0.15, 0.2) is 0 Å². The van der Waals surface area contributed by atoms with Crippen molar-refractivity contribution < 1.29 is 5.11 Å². The van der Waals surface area contributed by atoms with Crippen molar-refractivity contribution in [2.45, 2.75) is 44.1 Å². The summed E-state index contributed by atoms with van der Waals surface area (Å²) in [6, 6.07) is 17.6. The molecule has 23 heavy (non-hydrogen) atoms. The Bertz CT molecular complexity index is 667. The summed E-state index contributed by atoms with van der Waals surface area (Å²) in [5.41, 5.74) is 4.06. The Morgan fingerprint density at radius 1 is 1.00 bits per heavy atom. The molecule has 120 valence electrons. The number of fused-ring (bicyclic) bond motifs is 3. The van der Waals surface area contributed by atoms with E-state index >= 15 is 0 Å². The Morgan fingerprint density at radius 3 is 2.74 bits per heavy atom. The zero-order chi connectivity index (χ0) is 15.6. The second-order valence-electron chi connectivity index (χ2n) is 6.97. The van der Waals surface area contributed by atoms with Crippen LogP contribution in [-0.2, 0) is 12.8 Å². The van der Waals surface area contributed by atoms with Crippen molar-refractivity contribution in [1.29, 1.82) is 0 Å². The number of rotatable bonds is 4. The lowest BCUT2D eigenvalue weighted by atomic mass is 9.79. The van der Waals surface area contributed by atoms with Crippen LogP contribution in [0.2, 0.25) is 0 Å². The predicted molar refractivity (Wildman–Crippen MR) is 93.9 cm³/mol. The maximum atomic E-state index is 10.1. The quantitative estimate of drug-likeness (QED) is 0.918. The normalized spacial score (nSPS) is 23.5. The summed E-state index contributed by atoms with van der Waals surface area (Å²) in [4.78, 5) is 2.70. The van der Waals surface area contributed by atoms with E-state index in [4.69, 9.17) is 0 Å². The van der Waals surface area contributed by atoms with Gasteiger partial charge in [-0.3, -0.25) is 4.90 Å². The second-order valence-corrected chi connectivity index (χ2v) is 6.97. The number of aromatic hydroxyl groups is 1. The fourth-order valence-electron chi connectivity index (χ4n) is 4.58. The number of likely N-dealkylation sites (tertiary alicyclic amines) is 1. The molecule has 2 atom stereocenters. The van der Waals surface area contributed by atoms with Crippen molar-refractivity contribution in [2.75, 3.05) is 13.1 Å². The van der Waals surface area contributed by atoms with E-state index in [0.717, 1.165) is 6.42 Å². The first-order chi connectivity index (χ1) is 11.3. The zero-order valence-corrected chi connectivity index (χ0v) is 13.6. The van der Waals surface area contributed by atoms with Crippen LogP contribution in [0.3, 0.4) is 0 Å². The standard InChI is InChI=1S/C21H25NO/c23-21-10-4-9-17-18-13-15-22(20(18)12-11-19(17)21)14-5-8-16-6-2-1-3-7-16/h1-4,6-7,9-10,18,20,23H,5,8,11-15H2/t18-,20+/m0/s1. The molecule has 0 bridgehead atoms. The van der Waals surface area contributed by atoms with Crippen molar-refractivity contribution in [2.24, 2.45) is 0 Å². The van der Waals surface area contributed by atoms with Crippen LogP contribution in [0.4, 0.5) is 0 Å². The summed E-state index contributed by atoms with van der Waals surface area (Å²) in [5, 5.41) is 10.1.